The molecule has 0 aliphatic rings. The molecule has 2 rings (SSSR count). The largest absolute Gasteiger partial charge is 0.497 e. The molecule has 1 N–H and O–H groups in total. The van der Waals surface area contributed by atoms with E-state index in [2.05, 4.69) is 5.32 Å². The number of methoxy groups -OCH3 is 1. The monoisotopic (exact) mass is 466 g/mol. The van der Waals surface area contributed by atoms with Crippen molar-refractivity contribution in [2.24, 2.45) is 0 Å². The molecule has 0 aromatic heterocycles. The Bertz CT molecular complexity index is 874. The van der Waals surface area contributed by atoms with Gasteiger partial charge in [0, 0.05) is 18.1 Å². The van der Waals surface area contributed by atoms with Crippen LogP contribution in [0, 0.1) is 0 Å². The van der Waals surface area contributed by atoms with Crippen LogP contribution in [-0.4, -0.2) is 43.0 Å². The summed E-state index contributed by atoms with van der Waals surface area (Å²) in [5, 5.41) is 3.67. The number of carbonyl (C=O) groups is 2. The topological polar surface area (TPSA) is 67.9 Å². The van der Waals surface area contributed by atoms with Crippen LogP contribution in [0.25, 0.3) is 0 Å². The summed E-state index contributed by atoms with van der Waals surface area (Å²) in [6.07, 6.45) is 1.85. The van der Waals surface area contributed by atoms with Gasteiger partial charge in [-0.15, -0.1) is 0 Å². The summed E-state index contributed by atoms with van der Waals surface area (Å²) in [5.41, 5.74) is 0.867. The van der Waals surface area contributed by atoms with Crippen molar-refractivity contribution in [3.05, 3.63) is 58.1 Å². The highest BCUT2D eigenvalue weighted by molar-refractivity contribution is 6.35. The highest BCUT2D eigenvalue weighted by Crippen LogP contribution is 2.27. The van der Waals surface area contributed by atoms with Gasteiger partial charge < -0.3 is 19.7 Å². The molecule has 0 saturated heterocycles. The average molecular weight is 467 g/mol. The van der Waals surface area contributed by atoms with Crippen LogP contribution >= 0.6 is 23.2 Å². The molecule has 168 valence electrons. The normalized spacial score (nSPS) is 11.5. The van der Waals surface area contributed by atoms with E-state index in [4.69, 9.17) is 32.7 Å². The molecule has 31 heavy (non-hydrogen) atoms. The zero-order chi connectivity index (χ0) is 22.8. The molecule has 0 radical (unpaired) electrons. The van der Waals surface area contributed by atoms with Gasteiger partial charge in [0.1, 0.15) is 17.5 Å². The van der Waals surface area contributed by atoms with Gasteiger partial charge in [-0.3, -0.25) is 9.59 Å². The van der Waals surface area contributed by atoms with Gasteiger partial charge in [-0.2, -0.15) is 0 Å². The Morgan fingerprint density at radius 2 is 1.84 bits per heavy atom. The number of benzene rings is 2. The fraction of sp³-hybridized carbons (Fsp3) is 0.391. The Hall–Kier alpha value is -2.44. The van der Waals surface area contributed by atoms with Crippen LogP contribution in [-0.2, 0) is 16.1 Å². The minimum absolute atomic E-state index is 0.208. The minimum Gasteiger partial charge on any atom is -0.497 e. The van der Waals surface area contributed by atoms with Gasteiger partial charge >= 0.3 is 0 Å². The number of hydrogen-bond acceptors (Lipinski definition) is 4. The van der Waals surface area contributed by atoms with Crippen molar-refractivity contribution >= 4 is 35.0 Å². The lowest BCUT2D eigenvalue weighted by Crippen LogP contribution is -2.49. The summed E-state index contributed by atoms with van der Waals surface area (Å²) in [4.78, 5) is 27.1. The summed E-state index contributed by atoms with van der Waals surface area (Å²) in [6.45, 7) is 4.32. The van der Waals surface area contributed by atoms with Crippen molar-refractivity contribution in [2.45, 2.75) is 39.3 Å². The average Bonchev–Trinajstić information content (AvgIpc) is 2.76. The standard InChI is InChI=1S/C23H28Cl2N2O4/c1-4-5-12-26-23(29)16(2)27(14-17-6-9-19(30-3)10-7-17)22(28)15-31-21-11-8-18(24)13-20(21)25/h6-11,13,16H,4-5,12,14-15H2,1-3H3,(H,26,29)/t16-/m1/s1. The molecule has 0 heterocycles. The summed E-state index contributed by atoms with van der Waals surface area (Å²) >= 11 is 12.0. The maximum Gasteiger partial charge on any atom is 0.261 e. The van der Waals surface area contributed by atoms with Crippen LogP contribution in [0.5, 0.6) is 11.5 Å². The highest BCUT2D eigenvalue weighted by Gasteiger charge is 2.26. The second kappa shape index (κ2) is 12.4. The number of nitrogens with one attached hydrogen (secondary N) is 1. The molecule has 0 saturated carbocycles. The van der Waals surface area contributed by atoms with Crippen LogP contribution in [0.2, 0.25) is 10.0 Å². The molecule has 2 amide bonds. The number of halogens is 2. The molecule has 6 nitrogen and oxygen atoms in total. The predicted octanol–water partition coefficient (Wildman–Crippen LogP) is 4.71. The molecular formula is C23H28Cl2N2O4. The van der Waals surface area contributed by atoms with E-state index >= 15 is 0 Å². The number of nitrogens with zero attached hydrogens (tertiary/aromatic N) is 1. The smallest absolute Gasteiger partial charge is 0.261 e. The fourth-order valence-electron chi connectivity index (χ4n) is 2.86. The molecule has 2 aromatic rings. The van der Waals surface area contributed by atoms with E-state index in [1.54, 1.807) is 32.2 Å². The van der Waals surface area contributed by atoms with Crippen molar-refractivity contribution in [2.75, 3.05) is 20.3 Å². The molecule has 0 aliphatic heterocycles. The van der Waals surface area contributed by atoms with Gasteiger partial charge in [-0.1, -0.05) is 48.7 Å². The van der Waals surface area contributed by atoms with Crippen LogP contribution in [0.15, 0.2) is 42.5 Å². The van der Waals surface area contributed by atoms with Gasteiger partial charge in [0.25, 0.3) is 5.91 Å². The molecular weight excluding hydrogens is 439 g/mol. The Labute approximate surface area is 193 Å². The van der Waals surface area contributed by atoms with E-state index in [1.165, 1.54) is 4.90 Å². The van der Waals surface area contributed by atoms with Crippen molar-refractivity contribution in [3.63, 3.8) is 0 Å². The fourth-order valence-corrected chi connectivity index (χ4v) is 3.32. The molecule has 2 aromatic carbocycles. The Balaban J connectivity index is 2.13. The zero-order valence-corrected chi connectivity index (χ0v) is 19.5. The second-order valence-electron chi connectivity index (χ2n) is 7.05. The van der Waals surface area contributed by atoms with Crippen LogP contribution in [0.1, 0.15) is 32.3 Å². The van der Waals surface area contributed by atoms with Gasteiger partial charge in [0.05, 0.1) is 12.1 Å². The zero-order valence-electron chi connectivity index (χ0n) is 18.0. The third-order valence-electron chi connectivity index (χ3n) is 4.75. The number of ether oxygens (including phenoxy) is 2. The van der Waals surface area contributed by atoms with Crippen LogP contribution in [0.3, 0.4) is 0 Å². The van der Waals surface area contributed by atoms with Crippen molar-refractivity contribution in [3.8, 4) is 11.5 Å². The van der Waals surface area contributed by atoms with E-state index in [9.17, 15) is 9.59 Å². The quantitative estimate of drug-likeness (QED) is 0.486. The maximum absolute atomic E-state index is 13.0. The SMILES string of the molecule is CCCCNC(=O)[C@@H](C)N(Cc1ccc(OC)cc1)C(=O)COc1ccc(Cl)cc1Cl. The lowest BCUT2D eigenvalue weighted by Gasteiger charge is -2.29. The molecule has 0 unspecified atom stereocenters. The van der Waals surface area contributed by atoms with E-state index in [0.717, 1.165) is 18.4 Å². The summed E-state index contributed by atoms with van der Waals surface area (Å²) < 4.78 is 10.8. The van der Waals surface area contributed by atoms with Gasteiger partial charge in [0.15, 0.2) is 6.61 Å². The first-order valence-electron chi connectivity index (χ1n) is 10.1. The number of rotatable bonds is 11. The van der Waals surface area contributed by atoms with Gasteiger partial charge in [-0.25, -0.2) is 0 Å². The molecule has 0 bridgehead atoms. The predicted molar refractivity (Wildman–Crippen MR) is 123 cm³/mol. The lowest BCUT2D eigenvalue weighted by atomic mass is 10.1. The Morgan fingerprint density at radius 3 is 2.45 bits per heavy atom. The number of unbranched alkanes of at least 4 members (excludes halogenated alkanes) is 1. The Morgan fingerprint density at radius 1 is 1.13 bits per heavy atom. The molecule has 0 spiro atoms. The molecule has 8 heteroatoms. The summed E-state index contributed by atoms with van der Waals surface area (Å²) in [7, 11) is 1.59. The van der Waals surface area contributed by atoms with E-state index in [0.29, 0.717) is 28.1 Å². The maximum atomic E-state index is 13.0. The van der Waals surface area contributed by atoms with Crippen molar-refractivity contribution in [1.29, 1.82) is 0 Å². The lowest BCUT2D eigenvalue weighted by molar-refractivity contribution is -0.142. The van der Waals surface area contributed by atoms with E-state index < -0.39 is 6.04 Å². The number of carbonyl (C=O) groups excluding carboxylic acids is 2. The first-order chi connectivity index (χ1) is 14.8. The van der Waals surface area contributed by atoms with Crippen LogP contribution in [0.4, 0.5) is 0 Å². The van der Waals surface area contributed by atoms with Crippen molar-refractivity contribution < 1.29 is 19.1 Å². The second-order valence-corrected chi connectivity index (χ2v) is 7.90. The Kier molecular flexibility index (Phi) is 9.95. The first-order valence-corrected chi connectivity index (χ1v) is 10.9. The molecule has 0 fully saturated rings. The molecule has 1 atom stereocenters. The van der Waals surface area contributed by atoms with E-state index in [1.807, 2.05) is 31.2 Å². The van der Waals surface area contributed by atoms with Gasteiger partial charge in [-0.05, 0) is 49.2 Å². The minimum atomic E-state index is -0.671. The van der Waals surface area contributed by atoms with E-state index in [-0.39, 0.29) is 25.0 Å². The van der Waals surface area contributed by atoms with Gasteiger partial charge in [0.2, 0.25) is 5.91 Å². The third kappa shape index (κ3) is 7.64. The highest BCUT2D eigenvalue weighted by atomic mass is 35.5. The van der Waals surface area contributed by atoms with Crippen LogP contribution < -0.4 is 14.8 Å². The molecule has 0 aliphatic carbocycles. The van der Waals surface area contributed by atoms with Crippen molar-refractivity contribution in [1.82, 2.24) is 10.2 Å². The third-order valence-corrected chi connectivity index (χ3v) is 5.28. The number of amides is 2. The number of hydrogen-bond donors (Lipinski definition) is 1. The summed E-state index contributed by atoms with van der Waals surface area (Å²) in [5.74, 6) is 0.524. The summed E-state index contributed by atoms with van der Waals surface area (Å²) in [6, 6.07) is 11.5. The first kappa shape index (κ1) is 24.8.